The van der Waals surface area contributed by atoms with E-state index >= 15 is 0 Å². The van der Waals surface area contributed by atoms with E-state index in [2.05, 4.69) is 15.5 Å². The highest BCUT2D eigenvalue weighted by atomic mass is 19.4. The first-order chi connectivity index (χ1) is 15.4. The van der Waals surface area contributed by atoms with E-state index in [9.17, 15) is 18.0 Å². The van der Waals surface area contributed by atoms with Gasteiger partial charge in [-0.15, -0.1) is 0 Å². The van der Waals surface area contributed by atoms with Crippen molar-refractivity contribution in [3.63, 3.8) is 0 Å². The van der Waals surface area contributed by atoms with Gasteiger partial charge < -0.3 is 19.3 Å². The number of hydrogen-bond donors (Lipinski definition) is 1. The molecule has 190 valence electrons. The third-order valence-corrected chi connectivity index (χ3v) is 4.60. The van der Waals surface area contributed by atoms with Crippen LogP contribution in [0.2, 0.25) is 0 Å². The maximum absolute atomic E-state index is 12.5. The number of rotatable bonds is 8. The van der Waals surface area contributed by atoms with Gasteiger partial charge in [0.25, 0.3) is 0 Å². The Labute approximate surface area is 197 Å². The molecule has 1 aromatic carbocycles. The minimum absolute atomic E-state index is 0.241. The second-order valence-electron chi connectivity index (χ2n) is 9.90. The Morgan fingerprint density at radius 2 is 1.68 bits per heavy atom. The highest BCUT2D eigenvalue weighted by Crippen LogP contribution is 2.28. The summed E-state index contributed by atoms with van der Waals surface area (Å²) in [5.41, 5.74) is 0.613. The van der Waals surface area contributed by atoms with Gasteiger partial charge in [-0.25, -0.2) is 4.79 Å². The molecule has 0 fully saturated rings. The number of halogens is 3. The van der Waals surface area contributed by atoms with Gasteiger partial charge in [0.15, 0.2) is 12.4 Å². The fourth-order valence-electron chi connectivity index (χ4n) is 3.30. The first-order valence-electron chi connectivity index (χ1n) is 10.8. The first-order valence-corrected chi connectivity index (χ1v) is 10.8. The standard InChI is InChI=1S/C23H33F3N4O4/c1-14-9-16(10-15(2)18(14)32-13-23(24,25)26)11-30(8)12-17-27-19(29-34-17)22(6,7)28-20(31)33-21(3,4)5/h9-10H,11-13H2,1-8H3,(H,28,31). The summed E-state index contributed by atoms with van der Waals surface area (Å²) in [7, 11) is 1.85. The Hall–Kier alpha value is -2.82. The number of nitrogens with zero attached hydrogens (tertiary/aromatic N) is 3. The second kappa shape index (κ2) is 10.2. The van der Waals surface area contributed by atoms with Crippen molar-refractivity contribution in [2.45, 2.75) is 78.9 Å². The predicted octanol–water partition coefficient (Wildman–Crippen LogP) is 5.02. The number of ether oxygens (including phenoxy) is 2. The summed E-state index contributed by atoms with van der Waals surface area (Å²) in [6, 6.07) is 3.59. The number of amides is 1. The minimum atomic E-state index is -4.39. The molecule has 11 heteroatoms. The number of benzene rings is 1. The topological polar surface area (TPSA) is 89.7 Å². The molecule has 0 aliphatic carbocycles. The Morgan fingerprint density at radius 3 is 2.21 bits per heavy atom. The number of aromatic nitrogens is 2. The lowest BCUT2D eigenvalue weighted by Gasteiger charge is -2.26. The van der Waals surface area contributed by atoms with Crippen molar-refractivity contribution in [1.29, 1.82) is 0 Å². The molecule has 1 N–H and O–H groups in total. The lowest BCUT2D eigenvalue weighted by molar-refractivity contribution is -0.153. The van der Waals surface area contributed by atoms with Crippen LogP contribution in [0.3, 0.4) is 0 Å². The van der Waals surface area contributed by atoms with E-state index in [1.54, 1.807) is 60.6 Å². The SMILES string of the molecule is Cc1cc(CN(C)Cc2nc(C(C)(C)NC(=O)OC(C)(C)C)no2)cc(C)c1OCC(F)(F)F. The maximum Gasteiger partial charge on any atom is 0.422 e. The van der Waals surface area contributed by atoms with Crippen LogP contribution in [-0.2, 0) is 23.4 Å². The van der Waals surface area contributed by atoms with Gasteiger partial charge in [0.1, 0.15) is 16.9 Å². The van der Waals surface area contributed by atoms with E-state index in [0.717, 1.165) is 5.56 Å². The largest absolute Gasteiger partial charge is 0.484 e. The third-order valence-electron chi connectivity index (χ3n) is 4.60. The number of alkyl carbamates (subject to hydrolysis) is 1. The first kappa shape index (κ1) is 27.4. The lowest BCUT2D eigenvalue weighted by atomic mass is 10.1. The van der Waals surface area contributed by atoms with Crippen molar-refractivity contribution in [2.24, 2.45) is 0 Å². The van der Waals surface area contributed by atoms with E-state index in [1.165, 1.54) is 0 Å². The molecule has 34 heavy (non-hydrogen) atoms. The molecule has 0 unspecified atom stereocenters. The zero-order valence-electron chi connectivity index (χ0n) is 20.9. The van der Waals surface area contributed by atoms with Crippen LogP contribution in [0.5, 0.6) is 5.75 Å². The van der Waals surface area contributed by atoms with Gasteiger partial charge in [-0.3, -0.25) is 4.90 Å². The summed E-state index contributed by atoms with van der Waals surface area (Å²) in [5, 5.41) is 6.72. The summed E-state index contributed by atoms with van der Waals surface area (Å²) >= 11 is 0. The van der Waals surface area contributed by atoms with Gasteiger partial charge >= 0.3 is 12.3 Å². The van der Waals surface area contributed by atoms with E-state index in [4.69, 9.17) is 14.0 Å². The Morgan fingerprint density at radius 1 is 1.09 bits per heavy atom. The van der Waals surface area contributed by atoms with E-state index in [1.807, 2.05) is 11.9 Å². The molecular weight excluding hydrogens is 453 g/mol. The van der Waals surface area contributed by atoms with Crippen molar-refractivity contribution in [3.8, 4) is 5.75 Å². The summed E-state index contributed by atoms with van der Waals surface area (Å²) in [5.74, 6) is 0.903. The average molecular weight is 487 g/mol. The van der Waals surface area contributed by atoms with Crippen molar-refractivity contribution in [2.75, 3.05) is 13.7 Å². The van der Waals surface area contributed by atoms with Crippen LogP contribution in [0.15, 0.2) is 16.7 Å². The van der Waals surface area contributed by atoms with E-state index < -0.39 is 30.0 Å². The van der Waals surface area contributed by atoms with Gasteiger partial charge in [-0.05, 0) is 72.2 Å². The number of aryl methyl sites for hydroxylation is 2. The predicted molar refractivity (Wildman–Crippen MR) is 119 cm³/mol. The summed E-state index contributed by atoms with van der Waals surface area (Å²) in [4.78, 5) is 18.4. The fraction of sp³-hybridized carbons (Fsp3) is 0.609. The monoisotopic (exact) mass is 486 g/mol. The zero-order valence-corrected chi connectivity index (χ0v) is 20.9. The fourth-order valence-corrected chi connectivity index (χ4v) is 3.30. The molecule has 0 saturated carbocycles. The Kier molecular flexibility index (Phi) is 8.23. The van der Waals surface area contributed by atoms with E-state index in [0.29, 0.717) is 35.9 Å². The highest BCUT2D eigenvalue weighted by molar-refractivity contribution is 5.68. The zero-order chi connectivity index (χ0) is 25.9. The lowest BCUT2D eigenvalue weighted by Crippen LogP contribution is -2.44. The minimum Gasteiger partial charge on any atom is -0.484 e. The summed E-state index contributed by atoms with van der Waals surface area (Å²) < 4.78 is 53.1. The molecule has 0 radical (unpaired) electrons. The Balaban J connectivity index is 2.01. The molecule has 0 saturated heterocycles. The molecule has 8 nitrogen and oxygen atoms in total. The van der Waals surface area contributed by atoms with Gasteiger partial charge in [0.2, 0.25) is 5.89 Å². The molecule has 1 heterocycles. The van der Waals surface area contributed by atoms with Crippen molar-refractivity contribution in [1.82, 2.24) is 20.4 Å². The van der Waals surface area contributed by atoms with Crippen molar-refractivity contribution < 1.29 is 32.0 Å². The summed E-state index contributed by atoms with van der Waals surface area (Å²) in [6.07, 6.45) is -4.98. The Bertz CT molecular complexity index is 974. The van der Waals surface area contributed by atoms with Crippen molar-refractivity contribution >= 4 is 6.09 Å². The molecule has 0 aliphatic rings. The number of carbonyl (C=O) groups is 1. The molecule has 2 rings (SSSR count). The van der Waals surface area contributed by atoms with Crippen LogP contribution in [-0.4, -0.2) is 46.6 Å². The molecule has 2 aromatic rings. The molecule has 0 aliphatic heterocycles. The molecule has 0 spiro atoms. The van der Waals surface area contributed by atoms with Crippen LogP contribution in [0, 0.1) is 13.8 Å². The maximum atomic E-state index is 12.5. The van der Waals surface area contributed by atoms with Crippen LogP contribution in [0.1, 0.15) is 63.0 Å². The molecule has 0 atom stereocenters. The summed E-state index contributed by atoms with van der Waals surface area (Å²) in [6.45, 7) is 11.7. The molecular formula is C23H33F3N4O4. The van der Waals surface area contributed by atoms with Gasteiger partial charge in [0, 0.05) is 6.54 Å². The second-order valence-corrected chi connectivity index (χ2v) is 9.90. The average Bonchev–Trinajstić information content (AvgIpc) is 3.07. The molecule has 1 amide bonds. The van der Waals surface area contributed by atoms with Crippen LogP contribution in [0.25, 0.3) is 0 Å². The van der Waals surface area contributed by atoms with Crippen LogP contribution < -0.4 is 10.1 Å². The highest BCUT2D eigenvalue weighted by Gasteiger charge is 2.31. The molecule has 1 aromatic heterocycles. The van der Waals surface area contributed by atoms with Crippen molar-refractivity contribution in [3.05, 3.63) is 40.5 Å². The molecule has 0 bridgehead atoms. The third kappa shape index (κ3) is 8.51. The van der Waals surface area contributed by atoms with Gasteiger partial charge in [-0.2, -0.15) is 18.2 Å². The quantitative estimate of drug-likeness (QED) is 0.560. The van der Waals surface area contributed by atoms with Crippen LogP contribution >= 0.6 is 0 Å². The number of alkyl halides is 3. The van der Waals surface area contributed by atoms with Crippen LogP contribution in [0.4, 0.5) is 18.0 Å². The normalized spacial score (nSPS) is 12.7. The number of carbonyl (C=O) groups excluding carboxylic acids is 1. The smallest absolute Gasteiger partial charge is 0.422 e. The van der Waals surface area contributed by atoms with Gasteiger partial charge in [-0.1, -0.05) is 17.3 Å². The van der Waals surface area contributed by atoms with Gasteiger partial charge in [0.05, 0.1) is 6.54 Å². The number of nitrogens with one attached hydrogen (secondary N) is 1. The van der Waals surface area contributed by atoms with E-state index in [-0.39, 0.29) is 5.75 Å². The number of hydrogen-bond acceptors (Lipinski definition) is 7.